The first-order chi connectivity index (χ1) is 8.96. The van der Waals surface area contributed by atoms with Crippen molar-refractivity contribution in [2.45, 2.75) is 26.2 Å². The third-order valence-electron chi connectivity index (χ3n) is 3.16. The summed E-state index contributed by atoms with van der Waals surface area (Å²) in [5, 5.41) is 0. The molecule has 108 valence electrons. The van der Waals surface area contributed by atoms with Crippen LogP contribution in [0.4, 0.5) is 4.39 Å². The lowest BCUT2D eigenvalue weighted by Gasteiger charge is -2.13. The number of alkyl halides is 1. The Labute approximate surface area is 119 Å². The molecule has 0 N–H and O–H groups in total. The summed E-state index contributed by atoms with van der Waals surface area (Å²) in [6.45, 7) is 1.66. The van der Waals surface area contributed by atoms with Gasteiger partial charge in [0.05, 0.1) is 5.75 Å². The second-order valence-electron chi connectivity index (χ2n) is 4.73. The summed E-state index contributed by atoms with van der Waals surface area (Å²) in [6, 6.07) is 6.36. The molecule has 1 aromatic rings. The van der Waals surface area contributed by atoms with Gasteiger partial charge < -0.3 is 0 Å². The largest absolute Gasteiger partial charge is 0.229 e. The Kier molecular flexibility index (Phi) is 6.80. The van der Waals surface area contributed by atoms with Gasteiger partial charge in [0, 0.05) is 11.6 Å². The number of hydrogen-bond acceptors (Lipinski definition) is 2. The Morgan fingerprint density at radius 3 is 2.42 bits per heavy atom. The summed E-state index contributed by atoms with van der Waals surface area (Å²) in [4.78, 5) is 0. The van der Waals surface area contributed by atoms with Gasteiger partial charge >= 0.3 is 0 Å². The maximum atomic E-state index is 12.8. The lowest BCUT2D eigenvalue weighted by molar-refractivity contribution is 0.522. The third-order valence-corrected chi connectivity index (χ3v) is 5.39. The van der Waals surface area contributed by atoms with Crippen molar-refractivity contribution in [2.24, 2.45) is 5.92 Å². The molecule has 0 aliphatic rings. The van der Waals surface area contributed by atoms with Crippen LogP contribution in [0, 0.1) is 11.7 Å². The Bertz CT molecular complexity index is 471. The maximum absolute atomic E-state index is 12.8. The van der Waals surface area contributed by atoms with Gasteiger partial charge in [-0.25, -0.2) is 12.8 Å². The number of halogens is 2. The summed E-state index contributed by atoms with van der Waals surface area (Å²) in [7, 11) is -2.89. The summed E-state index contributed by atoms with van der Waals surface area (Å²) >= 11 is 5.91. The molecule has 0 fully saturated rings. The quantitative estimate of drug-likeness (QED) is 0.690. The average molecular weight is 307 g/mol. The van der Waals surface area contributed by atoms with E-state index in [4.69, 9.17) is 11.6 Å². The van der Waals surface area contributed by atoms with Gasteiger partial charge in [0.2, 0.25) is 0 Å². The molecular formula is C14H20ClFO2S. The minimum atomic E-state index is -2.89. The van der Waals surface area contributed by atoms with Crippen LogP contribution < -0.4 is 0 Å². The molecule has 1 aromatic carbocycles. The summed E-state index contributed by atoms with van der Waals surface area (Å²) in [6.07, 6.45) is 2.17. The van der Waals surface area contributed by atoms with Gasteiger partial charge in [0.25, 0.3) is 0 Å². The molecule has 1 unspecified atom stereocenters. The molecule has 0 saturated carbocycles. The molecule has 0 bridgehead atoms. The molecule has 2 nitrogen and oxygen atoms in total. The summed E-state index contributed by atoms with van der Waals surface area (Å²) in [5.74, 6) is 0.889. The molecule has 0 heterocycles. The monoisotopic (exact) mass is 306 g/mol. The molecule has 0 radical (unpaired) electrons. The molecule has 1 rings (SSSR count). The van der Waals surface area contributed by atoms with Gasteiger partial charge in [0.15, 0.2) is 0 Å². The fourth-order valence-electron chi connectivity index (χ4n) is 1.92. The van der Waals surface area contributed by atoms with Crippen LogP contribution >= 0.6 is 11.6 Å². The average Bonchev–Trinajstić information content (AvgIpc) is 2.40. The first-order valence-corrected chi connectivity index (χ1v) is 8.83. The molecule has 0 saturated heterocycles. The minimum Gasteiger partial charge on any atom is -0.229 e. The molecule has 0 aromatic heterocycles. The number of sulfone groups is 1. The van der Waals surface area contributed by atoms with Gasteiger partial charge in [-0.3, -0.25) is 0 Å². The van der Waals surface area contributed by atoms with E-state index < -0.39 is 9.84 Å². The molecule has 0 aliphatic heterocycles. The Morgan fingerprint density at radius 1 is 1.26 bits per heavy atom. The Hall–Kier alpha value is -0.610. The van der Waals surface area contributed by atoms with E-state index in [0.29, 0.717) is 12.3 Å². The highest BCUT2D eigenvalue weighted by Crippen LogP contribution is 2.17. The van der Waals surface area contributed by atoms with Crippen molar-refractivity contribution in [2.75, 3.05) is 17.4 Å². The zero-order valence-electron chi connectivity index (χ0n) is 11.1. The molecule has 0 amide bonds. The fourth-order valence-corrected chi connectivity index (χ4v) is 3.08. The first kappa shape index (κ1) is 16.4. The lowest BCUT2D eigenvalue weighted by Crippen LogP contribution is -2.12. The zero-order valence-corrected chi connectivity index (χ0v) is 12.7. The van der Waals surface area contributed by atoms with Crippen molar-refractivity contribution in [1.29, 1.82) is 0 Å². The predicted octanol–water partition coefficient (Wildman–Crippen LogP) is 3.44. The van der Waals surface area contributed by atoms with Gasteiger partial charge in [-0.2, -0.15) is 0 Å². The van der Waals surface area contributed by atoms with Crippen molar-refractivity contribution in [3.05, 3.63) is 35.6 Å². The second-order valence-corrected chi connectivity index (χ2v) is 7.51. The van der Waals surface area contributed by atoms with Gasteiger partial charge in [0.1, 0.15) is 15.7 Å². The molecule has 1 atom stereocenters. The van der Waals surface area contributed by atoms with Gasteiger partial charge in [-0.05, 0) is 42.9 Å². The highest BCUT2D eigenvalue weighted by molar-refractivity contribution is 7.91. The van der Waals surface area contributed by atoms with E-state index in [1.807, 2.05) is 0 Å². The smallest absolute Gasteiger partial charge is 0.150 e. The van der Waals surface area contributed by atoms with Gasteiger partial charge in [-0.1, -0.05) is 19.1 Å². The van der Waals surface area contributed by atoms with Crippen LogP contribution in [-0.2, 0) is 16.3 Å². The minimum absolute atomic E-state index is 0.191. The van der Waals surface area contributed by atoms with E-state index in [1.54, 1.807) is 19.1 Å². The van der Waals surface area contributed by atoms with Crippen LogP contribution in [0.2, 0.25) is 0 Å². The molecule has 0 aliphatic carbocycles. The van der Waals surface area contributed by atoms with Crippen molar-refractivity contribution < 1.29 is 12.8 Å². The molecule has 0 spiro atoms. The summed E-state index contributed by atoms with van der Waals surface area (Å²) < 4.78 is 35.6. The van der Waals surface area contributed by atoms with E-state index in [-0.39, 0.29) is 23.2 Å². The predicted molar refractivity (Wildman–Crippen MR) is 77.9 cm³/mol. The molecular weight excluding hydrogens is 287 g/mol. The third kappa shape index (κ3) is 6.39. The molecule has 5 heteroatoms. The number of benzene rings is 1. The lowest BCUT2D eigenvalue weighted by atomic mass is 9.97. The van der Waals surface area contributed by atoms with Crippen LogP contribution in [0.5, 0.6) is 0 Å². The fraction of sp³-hybridized carbons (Fsp3) is 0.571. The standard InChI is InChI=1S/C14H20ClFO2S/c1-2-19(17,18)9-3-4-13(11-15)10-12-5-7-14(16)8-6-12/h5-8,13H,2-4,9-11H2,1H3. The van der Waals surface area contributed by atoms with Crippen LogP contribution in [0.15, 0.2) is 24.3 Å². The van der Waals surface area contributed by atoms with Crippen LogP contribution in [-0.4, -0.2) is 25.8 Å². The zero-order chi connectivity index (χ0) is 14.3. The summed E-state index contributed by atoms with van der Waals surface area (Å²) in [5.41, 5.74) is 1.03. The first-order valence-electron chi connectivity index (χ1n) is 6.47. The van der Waals surface area contributed by atoms with Gasteiger partial charge in [-0.15, -0.1) is 11.6 Å². The van der Waals surface area contributed by atoms with Crippen LogP contribution in [0.1, 0.15) is 25.3 Å². The number of rotatable bonds is 8. The van der Waals surface area contributed by atoms with E-state index in [9.17, 15) is 12.8 Å². The molecule has 19 heavy (non-hydrogen) atoms. The van der Waals surface area contributed by atoms with Crippen molar-refractivity contribution in [1.82, 2.24) is 0 Å². The maximum Gasteiger partial charge on any atom is 0.150 e. The van der Waals surface area contributed by atoms with Crippen molar-refractivity contribution >= 4 is 21.4 Å². The van der Waals surface area contributed by atoms with Crippen molar-refractivity contribution in [3.8, 4) is 0 Å². The van der Waals surface area contributed by atoms with Crippen LogP contribution in [0.25, 0.3) is 0 Å². The highest BCUT2D eigenvalue weighted by Gasteiger charge is 2.12. The Morgan fingerprint density at radius 2 is 1.89 bits per heavy atom. The van der Waals surface area contributed by atoms with E-state index >= 15 is 0 Å². The van der Waals surface area contributed by atoms with E-state index in [0.717, 1.165) is 18.4 Å². The SMILES string of the molecule is CCS(=O)(=O)CCCC(CCl)Cc1ccc(F)cc1. The van der Waals surface area contributed by atoms with Crippen molar-refractivity contribution in [3.63, 3.8) is 0 Å². The topological polar surface area (TPSA) is 34.1 Å². The van der Waals surface area contributed by atoms with Crippen LogP contribution in [0.3, 0.4) is 0 Å². The van der Waals surface area contributed by atoms with E-state index in [1.165, 1.54) is 12.1 Å². The number of hydrogen-bond donors (Lipinski definition) is 0. The highest BCUT2D eigenvalue weighted by atomic mass is 35.5. The van der Waals surface area contributed by atoms with E-state index in [2.05, 4.69) is 0 Å². The second kappa shape index (κ2) is 7.85. The Balaban J connectivity index is 2.44. The normalized spacial score (nSPS) is 13.4.